The van der Waals surface area contributed by atoms with Gasteiger partial charge in [-0.1, -0.05) is 17.7 Å². The smallest absolute Gasteiger partial charge is 0.407 e. The first-order valence-electron chi connectivity index (χ1n) is 6.23. The minimum atomic E-state index is -0.980. The number of nitrogens with zero attached hydrogens (tertiary/aromatic N) is 1. The van der Waals surface area contributed by atoms with E-state index in [0.717, 1.165) is 5.56 Å². The molecule has 1 fully saturated rings. The molecule has 0 aromatic heterocycles. The van der Waals surface area contributed by atoms with Gasteiger partial charge in [0.2, 0.25) is 5.91 Å². The molecule has 1 aromatic rings. The maximum atomic E-state index is 11.2. The van der Waals surface area contributed by atoms with E-state index in [9.17, 15) is 9.59 Å². The second-order valence-corrected chi connectivity index (χ2v) is 5.28. The van der Waals surface area contributed by atoms with Gasteiger partial charge in [-0.25, -0.2) is 4.79 Å². The van der Waals surface area contributed by atoms with Crippen LogP contribution in [0, 0.1) is 0 Å². The minimum absolute atomic E-state index is 0.0718. The molecule has 108 valence electrons. The topological polar surface area (TPSA) is 110 Å². The van der Waals surface area contributed by atoms with Crippen molar-refractivity contribution in [1.29, 1.82) is 0 Å². The number of carbonyl (C=O) groups is 2. The van der Waals surface area contributed by atoms with E-state index in [0.29, 0.717) is 24.4 Å². The predicted molar refractivity (Wildman–Crippen MR) is 74.8 cm³/mol. The standard InChI is InChI=1S/C13H16ClN3O3/c14-9-2-1-7(5-8(9)12(16)18)3-4-17(13(19)20)11-6-10(11)15/h1-2,5,10-11H,3-4,6,15H2,(H2,16,18)(H,19,20)/t10?,11-/m0/s1. The van der Waals surface area contributed by atoms with Gasteiger partial charge in [0.15, 0.2) is 0 Å². The molecule has 0 aliphatic heterocycles. The average molecular weight is 298 g/mol. The van der Waals surface area contributed by atoms with Crippen LogP contribution in [0.15, 0.2) is 18.2 Å². The maximum Gasteiger partial charge on any atom is 0.407 e. The summed E-state index contributed by atoms with van der Waals surface area (Å²) in [7, 11) is 0. The summed E-state index contributed by atoms with van der Waals surface area (Å²) in [5.74, 6) is -0.601. The van der Waals surface area contributed by atoms with Crippen molar-refractivity contribution < 1.29 is 14.7 Å². The molecule has 2 amide bonds. The van der Waals surface area contributed by atoms with Crippen LogP contribution >= 0.6 is 11.6 Å². The molecular weight excluding hydrogens is 282 g/mol. The molecule has 2 atom stereocenters. The fourth-order valence-electron chi connectivity index (χ4n) is 2.13. The molecule has 0 saturated heterocycles. The summed E-state index contributed by atoms with van der Waals surface area (Å²) in [5.41, 5.74) is 11.9. The van der Waals surface area contributed by atoms with Gasteiger partial charge in [-0.15, -0.1) is 0 Å². The fraction of sp³-hybridized carbons (Fsp3) is 0.385. The molecule has 5 N–H and O–H groups in total. The normalized spacial score (nSPS) is 20.5. The van der Waals surface area contributed by atoms with Crippen molar-refractivity contribution in [3.8, 4) is 0 Å². The average Bonchev–Trinajstić information content (AvgIpc) is 3.07. The lowest BCUT2D eigenvalue weighted by molar-refractivity contribution is 0.1000. The van der Waals surface area contributed by atoms with Crippen LogP contribution < -0.4 is 11.5 Å². The van der Waals surface area contributed by atoms with Crippen molar-refractivity contribution in [3.05, 3.63) is 34.3 Å². The third-order valence-electron chi connectivity index (χ3n) is 3.39. The third-order valence-corrected chi connectivity index (χ3v) is 3.72. The number of primary amides is 1. The van der Waals surface area contributed by atoms with Gasteiger partial charge in [-0.3, -0.25) is 4.79 Å². The predicted octanol–water partition coefficient (Wildman–Crippen LogP) is 1.06. The molecule has 7 heteroatoms. The molecule has 0 heterocycles. The molecule has 1 unspecified atom stereocenters. The fourth-order valence-corrected chi connectivity index (χ4v) is 2.34. The van der Waals surface area contributed by atoms with Crippen LogP contribution in [0.5, 0.6) is 0 Å². The summed E-state index contributed by atoms with van der Waals surface area (Å²) in [6.07, 6.45) is 0.193. The van der Waals surface area contributed by atoms with E-state index in [-0.39, 0.29) is 17.6 Å². The Kier molecular flexibility index (Phi) is 4.15. The number of carbonyl (C=O) groups excluding carboxylic acids is 1. The van der Waals surface area contributed by atoms with Crippen molar-refractivity contribution in [1.82, 2.24) is 4.90 Å². The summed E-state index contributed by atoms with van der Waals surface area (Å²) in [6, 6.07) is 4.76. The van der Waals surface area contributed by atoms with Gasteiger partial charge in [-0.2, -0.15) is 0 Å². The van der Waals surface area contributed by atoms with Gasteiger partial charge in [0, 0.05) is 12.6 Å². The summed E-state index contributed by atoms with van der Waals surface area (Å²) >= 11 is 5.86. The second-order valence-electron chi connectivity index (χ2n) is 4.87. The number of hydrogen-bond acceptors (Lipinski definition) is 3. The largest absolute Gasteiger partial charge is 0.465 e. The lowest BCUT2D eigenvalue weighted by atomic mass is 10.1. The highest BCUT2D eigenvalue weighted by atomic mass is 35.5. The summed E-state index contributed by atoms with van der Waals surface area (Å²) in [6.45, 7) is 0.327. The number of halogens is 1. The van der Waals surface area contributed by atoms with E-state index >= 15 is 0 Å². The molecule has 6 nitrogen and oxygen atoms in total. The Bertz CT molecular complexity index is 550. The number of benzene rings is 1. The Balaban J connectivity index is 2.04. The van der Waals surface area contributed by atoms with E-state index in [4.69, 9.17) is 28.2 Å². The number of nitrogens with two attached hydrogens (primary N) is 2. The van der Waals surface area contributed by atoms with E-state index in [1.54, 1.807) is 18.2 Å². The van der Waals surface area contributed by atoms with Crippen LogP contribution in [0.1, 0.15) is 22.3 Å². The maximum absolute atomic E-state index is 11.2. The van der Waals surface area contributed by atoms with Crippen molar-refractivity contribution >= 4 is 23.6 Å². The molecule has 0 radical (unpaired) electrons. The van der Waals surface area contributed by atoms with Crippen LogP contribution in [-0.2, 0) is 6.42 Å². The first kappa shape index (κ1) is 14.6. The van der Waals surface area contributed by atoms with Gasteiger partial charge in [0.25, 0.3) is 0 Å². The van der Waals surface area contributed by atoms with Gasteiger partial charge in [-0.05, 0) is 30.5 Å². The van der Waals surface area contributed by atoms with Gasteiger partial charge < -0.3 is 21.5 Å². The zero-order valence-electron chi connectivity index (χ0n) is 10.8. The third kappa shape index (κ3) is 3.20. The zero-order valence-corrected chi connectivity index (χ0v) is 11.5. The van der Waals surface area contributed by atoms with Crippen LogP contribution in [0.3, 0.4) is 0 Å². The zero-order chi connectivity index (χ0) is 14.9. The van der Waals surface area contributed by atoms with Crippen molar-refractivity contribution in [2.75, 3.05) is 6.54 Å². The Hall–Kier alpha value is -1.79. The Labute approximate surface area is 121 Å². The lowest BCUT2D eigenvalue weighted by Crippen LogP contribution is -2.36. The quantitative estimate of drug-likeness (QED) is 0.755. The highest BCUT2D eigenvalue weighted by Crippen LogP contribution is 2.26. The van der Waals surface area contributed by atoms with Gasteiger partial charge in [0.1, 0.15) is 0 Å². The first-order chi connectivity index (χ1) is 9.40. The van der Waals surface area contributed by atoms with Gasteiger partial charge >= 0.3 is 6.09 Å². The monoisotopic (exact) mass is 297 g/mol. The van der Waals surface area contributed by atoms with Crippen LogP contribution in [-0.4, -0.2) is 40.6 Å². The van der Waals surface area contributed by atoms with E-state index in [1.807, 2.05) is 0 Å². The molecule has 0 bridgehead atoms. The summed E-state index contributed by atoms with van der Waals surface area (Å²) in [5, 5.41) is 9.43. The first-order valence-corrected chi connectivity index (χ1v) is 6.61. The Morgan fingerprint density at radius 3 is 2.60 bits per heavy atom. The van der Waals surface area contributed by atoms with Crippen LogP contribution in [0.4, 0.5) is 4.79 Å². The summed E-state index contributed by atoms with van der Waals surface area (Å²) in [4.78, 5) is 23.7. The minimum Gasteiger partial charge on any atom is -0.465 e. The molecule has 0 spiro atoms. The lowest BCUT2D eigenvalue weighted by Gasteiger charge is -2.19. The molecule has 1 saturated carbocycles. The Morgan fingerprint density at radius 2 is 2.10 bits per heavy atom. The molecule has 2 rings (SSSR count). The number of amides is 2. The Morgan fingerprint density at radius 1 is 1.45 bits per heavy atom. The van der Waals surface area contributed by atoms with E-state index in [2.05, 4.69) is 0 Å². The highest BCUT2D eigenvalue weighted by Gasteiger charge is 2.41. The molecular formula is C13H16ClN3O3. The number of carboxylic acid groups (broad SMARTS) is 1. The second kappa shape index (κ2) is 5.68. The molecule has 1 aliphatic carbocycles. The van der Waals surface area contributed by atoms with Crippen molar-refractivity contribution in [2.24, 2.45) is 11.5 Å². The van der Waals surface area contributed by atoms with Crippen molar-refractivity contribution in [3.63, 3.8) is 0 Å². The molecule has 1 aromatic carbocycles. The van der Waals surface area contributed by atoms with E-state index in [1.165, 1.54) is 4.90 Å². The number of hydrogen-bond donors (Lipinski definition) is 3. The van der Waals surface area contributed by atoms with Gasteiger partial charge in [0.05, 0.1) is 16.6 Å². The highest BCUT2D eigenvalue weighted by molar-refractivity contribution is 6.33. The van der Waals surface area contributed by atoms with Crippen molar-refractivity contribution in [2.45, 2.75) is 24.9 Å². The number of rotatable bonds is 5. The molecule has 1 aliphatic rings. The van der Waals surface area contributed by atoms with Crippen LogP contribution in [0.2, 0.25) is 5.02 Å². The van der Waals surface area contributed by atoms with Crippen LogP contribution in [0.25, 0.3) is 0 Å². The molecule has 20 heavy (non-hydrogen) atoms. The summed E-state index contributed by atoms with van der Waals surface area (Å²) < 4.78 is 0. The van der Waals surface area contributed by atoms with E-state index < -0.39 is 12.0 Å². The SMILES string of the molecule is NC(=O)c1cc(CCN(C(=O)O)[C@H]2CC2N)ccc1Cl.